The Balaban J connectivity index is 1.48. The Kier molecular flexibility index (Phi) is 4.35. The molecule has 0 bridgehead atoms. The second-order valence-electron chi connectivity index (χ2n) is 6.48. The summed E-state index contributed by atoms with van der Waals surface area (Å²) in [6, 6.07) is 10.3. The number of carbonyl (C=O) groups is 1. The summed E-state index contributed by atoms with van der Waals surface area (Å²) in [6.45, 7) is 5.54. The Labute approximate surface area is 145 Å². The zero-order valence-corrected chi connectivity index (χ0v) is 14.5. The van der Waals surface area contributed by atoms with E-state index in [4.69, 9.17) is 4.74 Å². The van der Waals surface area contributed by atoms with Crippen LogP contribution in [0, 0.1) is 6.92 Å². The number of aryl methyl sites for hydroxylation is 1. The number of thiazole rings is 1. The lowest BCUT2D eigenvalue weighted by Crippen LogP contribution is -2.53. The molecule has 24 heavy (non-hydrogen) atoms. The van der Waals surface area contributed by atoms with Gasteiger partial charge < -0.3 is 9.64 Å². The second kappa shape index (κ2) is 6.63. The van der Waals surface area contributed by atoms with E-state index in [-0.39, 0.29) is 24.7 Å². The maximum absolute atomic E-state index is 12.4. The van der Waals surface area contributed by atoms with Crippen molar-refractivity contribution in [1.82, 2.24) is 14.8 Å². The molecule has 2 aliphatic heterocycles. The second-order valence-corrected chi connectivity index (χ2v) is 7.42. The van der Waals surface area contributed by atoms with Crippen LogP contribution in [0.5, 0.6) is 0 Å². The molecule has 0 aliphatic carbocycles. The number of hydrogen-bond donors (Lipinski definition) is 0. The van der Waals surface area contributed by atoms with Gasteiger partial charge in [-0.15, -0.1) is 11.3 Å². The highest BCUT2D eigenvalue weighted by molar-refractivity contribution is 7.09. The summed E-state index contributed by atoms with van der Waals surface area (Å²) < 4.78 is 5.82. The number of rotatable bonds is 4. The average Bonchev–Trinajstić information content (AvgIpc) is 3.18. The molecule has 1 amide bonds. The summed E-state index contributed by atoms with van der Waals surface area (Å²) in [6.07, 6.45) is 0.111. The van der Waals surface area contributed by atoms with E-state index in [2.05, 4.69) is 28.9 Å². The highest BCUT2D eigenvalue weighted by atomic mass is 32.1. The fourth-order valence-corrected chi connectivity index (χ4v) is 4.36. The van der Waals surface area contributed by atoms with Gasteiger partial charge in [-0.25, -0.2) is 4.98 Å². The van der Waals surface area contributed by atoms with E-state index in [1.54, 1.807) is 11.3 Å². The van der Waals surface area contributed by atoms with Crippen LogP contribution in [0.25, 0.3) is 0 Å². The minimum Gasteiger partial charge on any atom is -0.365 e. The molecule has 1 aromatic heterocycles. The van der Waals surface area contributed by atoms with Crippen molar-refractivity contribution in [3.05, 3.63) is 52.0 Å². The van der Waals surface area contributed by atoms with E-state index in [1.165, 1.54) is 10.4 Å². The predicted octanol–water partition coefficient (Wildman–Crippen LogP) is 2.06. The molecule has 3 heterocycles. The van der Waals surface area contributed by atoms with Gasteiger partial charge in [0.05, 0.1) is 23.4 Å². The van der Waals surface area contributed by atoms with Gasteiger partial charge in [-0.1, -0.05) is 30.3 Å². The Morgan fingerprint density at radius 3 is 2.83 bits per heavy atom. The van der Waals surface area contributed by atoms with Crippen LogP contribution in [0.2, 0.25) is 0 Å². The molecule has 0 radical (unpaired) electrons. The number of likely N-dealkylation sites (tertiary alicyclic amines) is 1. The molecular formula is C18H21N3O2S. The third kappa shape index (κ3) is 3.09. The van der Waals surface area contributed by atoms with Gasteiger partial charge in [0.25, 0.3) is 0 Å². The third-order valence-electron chi connectivity index (χ3n) is 4.86. The van der Waals surface area contributed by atoms with Crippen molar-refractivity contribution in [3.63, 3.8) is 0 Å². The highest BCUT2D eigenvalue weighted by Gasteiger charge is 2.43. The lowest BCUT2D eigenvalue weighted by molar-refractivity contribution is -0.153. The molecule has 2 aromatic rings. The Morgan fingerprint density at radius 2 is 2.08 bits per heavy atom. The van der Waals surface area contributed by atoms with Gasteiger partial charge in [0, 0.05) is 31.1 Å². The minimum absolute atomic E-state index is 0.0934. The summed E-state index contributed by atoms with van der Waals surface area (Å²) in [5.74, 6) is 0.0934. The molecule has 2 fully saturated rings. The van der Waals surface area contributed by atoms with Gasteiger partial charge in [0.1, 0.15) is 6.61 Å². The topological polar surface area (TPSA) is 45.7 Å². The molecule has 1 aromatic carbocycles. The Hall–Kier alpha value is -1.76. The highest BCUT2D eigenvalue weighted by Crippen LogP contribution is 2.27. The maximum Gasteiger partial charge on any atom is 0.249 e. The fourth-order valence-electron chi connectivity index (χ4n) is 3.54. The molecule has 2 saturated heterocycles. The molecular weight excluding hydrogens is 322 g/mol. The fraction of sp³-hybridized carbons (Fsp3) is 0.444. The quantitative estimate of drug-likeness (QED) is 0.852. The molecule has 126 valence electrons. The number of amides is 1. The Morgan fingerprint density at radius 1 is 1.25 bits per heavy atom. The number of carbonyl (C=O) groups excluding carboxylic acids is 1. The van der Waals surface area contributed by atoms with Gasteiger partial charge in [-0.3, -0.25) is 9.69 Å². The first-order valence-corrected chi connectivity index (χ1v) is 9.15. The van der Waals surface area contributed by atoms with Gasteiger partial charge in [-0.05, 0) is 12.5 Å². The molecule has 0 unspecified atom stereocenters. The number of hydrogen-bond acceptors (Lipinski definition) is 5. The van der Waals surface area contributed by atoms with Crippen LogP contribution in [0.1, 0.15) is 16.1 Å². The molecule has 0 saturated carbocycles. The van der Waals surface area contributed by atoms with Crippen LogP contribution in [0.4, 0.5) is 0 Å². The van der Waals surface area contributed by atoms with E-state index in [1.807, 2.05) is 28.6 Å². The zero-order valence-electron chi connectivity index (χ0n) is 13.7. The number of ether oxygens (including phenoxy) is 1. The summed E-state index contributed by atoms with van der Waals surface area (Å²) in [5, 5.41) is 0. The number of nitrogens with zero attached hydrogens (tertiary/aromatic N) is 3. The summed E-state index contributed by atoms with van der Waals surface area (Å²) in [5.41, 5.74) is 4.17. The first-order chi connectivity index (χ1) is 11.7. The van der Waals surface area contributed by atoms with Crippen molar-refractivity contribution >= 4 is 17.2 Å². The van der Waals surface area contributed by atoms with Crippen molar-refractivity contribution < 1.29 is 9.53 Å². The van der Waals surface area contributed by atoms with Crippen molar-refractivity contribution in [2.24, 2.45) is 0 Å². The number of morpholine rings is 1. The molecule has 6 heteroatoms. The van der Waals surface area contributed by atoms with Gasteiger partial charge in [0.15, 0.2) is 0 Å². The van der Waals surface area contributed by atoms with Crippen LogP contribution in [0.3, 0.4) is 0 Å². The third-order valence-corrected chi connectivity index (χ3v) is 5.78. The van der Waals surface area contributed by atoms with Crippen molar-refractivity contribution in [2.75, 3.05) is 19.7 Å². The van der Waals surface area contributed by atoms with E-state index >= 15 is 0 Å². The van der Waals surface area contributed by atoms with E-state index in [9.17, 15) is 4.79 Å². The summed E-state index contributed by atoms with van der Waals surface area (Å²) in [7, 11) is 0. The number of fused-ring (bicyclic) bond motifs is 1. The van der Waals surface area contributed by atoms with E-state index in [0.29, 0.717) is 6.54 Å². The monoisotopic (exact) mass is 343 g/mol. The van der Waals surface area contributed by atoms with E-state index in [0.717, 1.165) is 25.3 Å². The standard InChI is InChI=1S/C18H21N3O2S/c1-13-17(24-12-19-13)10-20-8-15-16(9-20)23-11-18(22)21(15)7-14-5-3-2-4-6-14/h2-6,12,15-16H,7-11H2,1H3/t15-,16-/m1/s1. The summed E-state index contributed by atoms with van der Waals surface area (Å²) in [4.78, 5) is 22.4. The van der Waals surface area contributed by atoms with Crippen molar-refractivity contribution in [2.45, 2.75) is 32.2 Å². The Bertz CT molecular complexity index is 718. The number of benzene rings is 1. The van der Waals surface area contributed by atoms with Crippen LogP contribution in [0.15, 0.2) is 35.8 Å². The van der Waals surface area contributed by atoms with Gasteiger partial charge in [0.2, 0.25) is 5.91 Å². The average molecular weight is 343 g/mol. The molecule has 0 spiro atoms. The first kappa shape index (κ1) is 15.7. The van der Waals surface area contributed by atoms with Crippen molar-refractivity contribution in [3.8, 4) is 0 Å². The normalized spacial score (nSPS) is 24.4. The smallest absolute Gasteiger partial charge is 0.249 e. The predicted molar refractivity (Wildman–Crippen MR) is 92.6 cm³/mol. The van der Waals surface area contributed by atoms with Crippen molar-refractivity contribution in [1.29, 1.82) is 0 Å². The summed E-state index contributed by atoms with van der Waals surface area (Å²) >= 11 is 1.70. The first-order valence-electron chi connectivity index (χ1n) is 8.27. The van der Waals surface area contributed by atoms with Crippen LogP contribution >= 0.6 is 11.3 Å². The molecule has 2 aliphatic rings. The molecule has 2 atom stereocenters. The minimum atomic E-state index is 0.0934. The van der Waals surface area contributed by atoms with Gasteiger partial charge >= 0.3 is 0 Å². The molecule has 0 N–H and O–H groups in total. The SMILES string of the molecule is Cc1ncsc1CN1C[C@@H]2[C@@H](C1)OCC(=O)N2Cc1ccccc1. The lowest BCUT2D eigenvalue weighted by atomic mass is 10.1. The zero-order chi connectivity index (χ0) is 16.5. The molecule has 4 rings (SSSR count). The van der Waals surface area contributed by atoms with Crippen LogP contribution < -0.4 is 0 Å². The lowest BCUT2D eigenvalue weighted by Gasteiger charge is -2.36. The van der Waals surface area contributed by atoms with Crippen LogP contribution in [-0.2, 0) is 22.6 Å². The number of aromatic nitrogens is 1. The van der Waals surface area contributed by atoms with Crippen LogP contribution in [-0.4, -0.2) is 52.5 Å². The maximum atomic E-state index is 12.4. The molecule has 5 nitrogen and oxygen atoms in total. The van der Waals surface area contributed by atoms with Gasteiger partial charge in [-0.2, -0.15) is 0 Å². The van der Waals surface area contributed by atoms with E-state index < -0.39 is 0 Å². The largest absolute Gasteiger partial charge is 0.365 e.